The van der Waals surface area contributed by atoms with E-state index >= 15 is 0 Å². The van der Waals surface area contributed by atoms with Crippen molar-refractivity contribution in [3.8, 4) is 0 Å². The highest BCUT2D eigenvalue weighted by atomic mass is 14.0. The Morgan fingerprint density at radius 2 is 2.00 bits per heavy atom. The Bertz CT molecular complexity index is 188. The zero-order chi connectivity index (χ0) is 8.10. The fourth-order valence-corrected chi connectivity index (χ4v) is 1.10. The van der Waals surface area contributed by atoms with E-state index in [-0.39, 0.29) is 0 Å². The summed E-state index contributed by atoms with van der Waals surface area (Å²) in [7, 11) is 0. The summed E-state index contributed by atoms with van der Waals surface area (Å²) in [6, 6.07) is 11.3. The average molecular weight is 147 g/mol. The van der Waals surface area contributed by atoms with Crippen molar-refractivity contribution >= 4 is 0 Å². The van der Waals surface area contributed by atoms with Gasteiger partial charge >= 0.3 is 0 Å². The molecule has 0 bridgehead atoms. The molecule has 0 aromatic heterocycles. The maximum absolute atomic E-state index is 3.02. The predicted molar refractivity (Wildman–Crippen MR) is 48.4 cm³/mol. The van der Waals surface area contributed by atoms with Gasteiger partial charge in [-0.15, -0.1) is 0 Å². The number of hydrogen-bond donors (Lipinski definition) is 0. The lowest BCUT2D eigenvalue weighted by molar-refractivity contribution is 0.560. The zero-order valence-corrected chi connectivity index (χ0v) is 7.30. The largest absolute Gasteiger partial charge is 0.0651 e. The normalized spacial score (nSPS) is 12.9. The Morgan fingerprint density at radius 1 is 1.36 bits per heavy atom. The number of hydrogen-bond acceptors (Lipinski definition) is 0. The van der Waals surface area contributed by atoms with E-state index in [4.69, 9.17) is 0 Å². The molecule has 0 aliphatic carbocycles. The third-order valence-electron chi connectivity index (χ3n) is 2.07. The fourth-order valence-electron chi connectivity index (χ4n) is 1.10. The van der Waals surface area contributed by atoms with Gasteiger partial charge in [-0.25, -0.2) is 0 Å². The van der Waals surface area contributed by atoms with Crippen molar-refractivity contribution in [2.45, 2.75) is 26.7 Å². The van der Waals surface area contributed by atoms with Crippen molar-refractivity contribution in [1.82, 2.24) is 0 Å². The van der Waals surface area contributed by atoms with Crippen molar-refractivity contribution in [3.05, 3.63) is 35.9 Å². The van der Waals surface area contributed by atoms with Crippen LogP contribution in [0.3, 0.4) is 0 Å². The monoisotopic (exact) mass is 147 g/mol. The van der Waals surface area contributed by atoms with Crippen LogP contribution < -0.4 is 0 Å². The Balaban J connectivity index is 2.51. The van der Waals surface area contributed by atoms with Crippen molar-refractivity contribution in [1.29, 1.82) is 0 Å². The lowest BCUT2D eigenvalue weighted by atomic mass is 9.99. The molecule has 1 rings (SSSR count). The molecule has 0 saturated heterocycles. The Morgan fingerprint density at radius 3 is 2.55 bits per heavy atom. The highest BCUT2D eigenvalue weighted by Gasteiger charge is 1.98. The average Bonchev–Trinajstić information content (AvgIpc) is 2.06. The first-order chi connectivity index (χ1) is 5.33. The molecule has 1 atom stereocenters. The molecule has 0 aliphatic heterocycles. The second-order valence-electron chi connectivity index (χ2n) is 3.13. The summed E-state index contributed by atoms with van der Waals surface area (Å²) in [6.45, 7) is 4.52. The topological polar surface area (TPSA) is 0 Å². The van der Waals surface area contributed by atoms with Crippen LogP contribution in [0.1, 0.15) is 25.8 Å². The molecular weight excluding hydrogens is 132 g/mol. The van der Waals surface area contributed by atoms with E-state index < -0.39 is 0 Å². The summed E-state index contributed by atoms with van der Waals surface area (Å²) in [4.78, 5) is 0. The van der Waals surface area contributed by atoms with E-state index in [9.17, 15) is 0 Å². The summed E-state index contributed by atoms with van der Waals surface area (Å²) < 4.78 is 0. The van der Waals surface area contributed by atoms with Crippen molar-refractivity contribution in [3.63, 3.8) is 0 Å². The third kappa shape index (κ3) is 2.75. The summed E-state index contributed by atoms with van der Waals surface area (Å²) in [5.74, 6) is 0.803. The number of rotatable bonds is 3. The van der Waals surface area contributed by atoms with Crippen LogP contribution in [-0.4, -0.2) is 0 Å². The first-order valence-electron chi connectivity index (χ1n) is 4.28. The van der Waals surface area contributed by atoms with Gasteiger partial charge in [0.1, 0.15) is 0 Å². The molecule has 1 aromatic carbocycles. The van der Waals surface area contributed by atoms with Crippen molar-refractivity contribution in [2.24, 2.45) is 5.92 Å². The second kappa shape index (κ2) is 4.17. The molecule has 0 fully saturated rings. The van der Waals surface area contributed by atoms with E-state index in [2.05, 4.69) is 32.0 Å². The molecule has 0 heterocycles. The van der Waals surface area contributed by atoms with Gasteiger partial charge in [0.05, 0.1) is 0 Å². The highest BCUT2D eigenvalue weighted by molar-refractivity contribution is 5.14. The van der Waals surface area contributed by atoms with Crippen LogP contribution in [0.2, 0.25) is 0 Å². The van der Waals surface area contributed by atoms with Gasteiger partial charge < -0.3 is 0 Å². The Hall–Kier alpha value is -0.780. The third-order valence-corrected chi connectivity index (χ3v) is 2.07. The van der Waals surface area contributed by atoms with Crippen LogP contribution in [0, 0.1) is 12.0 Å². The van der Waals surface area contributed by atoms with Gasteiger partial charge in [-0.3, -0.25) is 0 Å². The Labute approximate surface area is 69.3 Å². The summed E-state index contributed by atoms with van der Waals surface area (Å²) in [5.41, 5.74) is 1.43. The van der Waals surface area contributed by atoms with Gasteiger partial charge in [0.25, 0.3) is 0 Å². The molecule has 0 N–H and O–H groups in total. The van der Waals surface area contributed by atoms with E-state index in [0.717, 1.165) is 5.92 Å². The minimum absolute atomic E-state index is 0.803. The molecule has 0 spiro atoms. The molecule has 59 valence electrons. The molecule has 11 heavy (non-hydrogen) atoms. The van der Waals surface area contributed by atoms with Crippen LogP contribution in [0.4, 0.5) is 0 Å². The van der Waals surface area contributed by atoms with Crippen LogP contribution >= 0.6 is 0 Å². The van der Waals surface area contributed by atoms with Crippen LogP contribution in [0.25, 0.3) is 0 Å². The quantitative estimate of drug-likeness (QED) is 0.616. The fraction of sp³-hybridized carbons (Fsp3) is 0.455. The van der Waals surface area contributed by atoms with Gasteiger partial charge in [-0.1, -0.05) is 44.5 Å². The first kappa shape index (κ1) is 8.32. The van der Waals surface area contributed by atoms with Crippen LogP contribution in [0.5, 0.6) is 0 Å². The number of benzene rings is 1. The molecule has 0 heteroatoms. The minimum atomic E-state index is 0.803. The molecule has 0 nitrogen and oxygen atoms in total. The smallest absolute Gasteiger partial charge is 0.0184 e. The molecule has 1 radical (unpaired) electrons. The summed E-state index contributed by atoms with van der Waals surface area (Å²) >= 11 is 0. The maximum Gasteiger partial charge on any atom is -0.0184 e. The van der Waals surface area contributed by atoms with E-state index in [1.54, 1.807) is 0 Å². The molecule has 0 aliphatic rings. The standard InChI is InChI=1S/C11H15/c1-3-10(2)9-11-7-5-4-6-8-11/h5-8,10H,3,9H2,1-2H3/t10-/m0/s1. The van der Waals surface area contributed by atoms with Gasteiger partial charge in [-0.2, -0.15) is 0 Å². The lowest BCUT2D eigenvalue weighted by Crippen LogP contribution is -1.96. The highest BCUT2D eigenvalue weighted by Crippen LogP contribution is 2.09. The minimum Gasteiger partial charge on any atom is -0.0651 e. The molecule has 1 aromatic rings. The van der Waals surface area contributed by atoms with Gasteiger partial charge in [0, 0.05) is 0 Å². The summed E-state index contributed by atoms with van der Waals surface area (Å²) in [6.07, 6.45) is 2.46. The SMILES string of the molecule is CC[C@H](C)Cc1cc[c]cc1. The Kier molecular flexibility index (Phi) is 3.15. The molecule has 0 unspecified atom stereocenters. The zero-order valence-electron chi connectivity index (χ0n) is 7.30. The first-order valence-corrected chi connectivity index (χ1v) is 4.28. The predicted octanol–water partition coefficient (Wildman–Crippen LogP) is 3.08. The van der Waals surface area contributed by atoms with E-state index in [1.165, 1.54) is 18.4 Å². The molecule has 0 saturated carbocycles. The van der Waals surface area contributed by atoms with Crippen molar-refractivity contribution in [2.75, 3.05) is 0 Å². The van der Waals surface area contributed by atoms with Crippen molar-refractivity contribution < 1.29 is 0 Å². The lowest BCUT2D eigenvalue weighted by Gasteiger charge is -2.06. The molecular formula is C11H15. The van der Waals surface area contributed by atoms with Gasteiger partial charge in [-0.05, 0) is 24.0 Å². The molecule has 0 amide bonds. The van der Waals surface area contributed by atoms with E-state index in [0.29, 0.717) is 0 Å². The van der Waals surface area contributed by atoms with Gasteiger partial charge in [0.15, 0.2) is 0 Å². The maximum atomic E-state index is 3.02. The summed E-state index contributed by atoms with van der Waals surface area (Å²) in [5, 5.41) is 0. The second-order valence-corrected chi connectivity index (χ2v) is 3.13. The van der Waals surface area contributed by atoms with Gasteiger partial charge in [0.2, 0.25) is 0 Å². The van der Waals surface area contributed by atoms with E-state index in [1.807, 2.05) is 12.1 Å². The van der Waals surface area contributed by atoms with Crippen LogP contribution in [-0.2, 0) is 6.42 Å². The van der Waals surface area contributed by atoms with Crippen LogP contribution in [0.15, 0.2) is 24.3 Å².